The van der Waals surface area contributed by atoms with E-state index in [1.165, 1.54) is 0 Å². The topological polar surface area (TPSA) is 79.0 Å². The highest BCUT2D eigenvalue weighted by Gasteiger charge is 2.33. The van der Waals surface area contributed by atoms with Crippen molar-refractivity contribution in [3.05, 3.63) is 23.8 Å². The summed E-state index contributed by atoms with van der Waals surface area (Å²) in [5, 5.41) is 0. The van der Waals surface area contributed by atoms with Crippen molar-refractivity contribution in [1.29, 1.82) is 0 Å². The van der Waals surface area contributed by atoms with Crippen LogP contribution in [0.2, 0.25) is 0 Å². The molecule has 1 aliphatic carbocycles. The summed E-state index contributed by atoms with van der Waals surface area (Å²) in [6, 6.07) is 5.12. The second-order valence-electron chi connectivity index (χ2n) is 7.51. The summed E-state index contributed by atoms with van der Waals surface area (Å²) in [7, 11) is -3.54. The van der Waals surface area contributed by atoms with Gasteiger partial charge in [0.1, 0.15) is 0 Å². The van der Waals surface area contributed by atoms with Crippen LogP contribution in [-0.2, 0) is 26.0 Å². The molecule has 1 amide bonds. The first kappa shape index (κ1) is 18.9. The van der Waals surface area contributed by atoms with E-state index < -0.39 is 10.0 Å². The predicted octanol–water partition coefficient (Wildman–Crippen LogP) is 0.986. The maximum absolute atomic E-state index is 12.6. The van der Waals surface area contributed by atoms with Gasteiger partial charge in [0.25, 0.3) is 0 Å². The number of hydrogen-bond acceptors (Lipinski definition) is 5. The highest BCUT2D eigenvalue weighted by atomic mass is 32.2. The third-order valence-corrected chi connectivity index (χ3v) is 7.26. The normalized spacial score (nSPS) is 21.1. The van der Waals surface area contributed by atoms with Crippen LogP contribution in [0.15, 0.2) is 23.1 Å². The van der Waals surface area contributed by atoms with Crippen LogP contribution in [0.5, 0.6) is 0 Å². The van der Waals surface area contributed by atoms with Gasteiger partial charge in [-0.25, -0.2) is 13.1 Å². The number of nitrogens with zero attached hydrogens (tertiary/aromatic N) is 2. The Morgan fingerprint density at radius 1 is 1.19 bits per heavy atom. The summed E-state index contributed by atoms with van der Waals surface area (Å²) in [4.78, 5) is 16.9. The largest absolute Gasteiger partial charge is 0.379 e. The molecule has 0 aromatic heterocycles. The number of hydrogen-bond donors (Lipinski definition) is 1. The summed E-state index contributed by atoms with van der Waals surface area (Å²) in [6.45, 7) is 4.79. The number of morpholine rings is 1. The van der Waals surface area contributed by atoms with E-state index in [1.54, 1.807) is 18.2 Å². The number of sulfonamides is 1. The molecule has 1 aromatic carbocycles. The molecule has 7 nitrogen and oxygen atoms in total. The number of fused-ring (bicyclic) bond motifs is 1. The van der Waals surface area contributed by atoms with Crippen LogP contribution in [0.25, 0.3) is 0 Å². The second-order valence-corrected chi connectivity index (χ2v) is 9.28. The fourth-order valence-electron chi connectivity index (χ4n) is 3.90. The van der Waals surface area contributed by atoms with E-state index in [9.17, 15) is 13.2 Å². The molecule has 1 N–H and O–H groups in total. The molecule has 2 fully saturated rings. The molecule has 1 aromatic rings. The van der Waals surface area contributed by atoms with Crippen molar-refractivity contribution in [2.75, 3.05) is 50.8 Å². The first-order chi connectivity index (χ1) is 13.0. The Balaban J connectivity index is 1.39. The number of carbonyl (C=O) groups excluding carboxylic acids is 1. The summed E-state index contributed by atoms with van der Waals surface area (Å²) in [6.07, 6.45) is 3.80. The number of carbonyl (C=O) groups is 1. The lowest BCUT2D eigenvalue weighted by Gasteiger charge is -2.29. The third kappa shape index (κ3) is 4.03. The molecular weight excluding hydrogens is 366 g/mol. The van der Waals surface area contributed by atoms with Crippen LogP contribution in [0.4, 0.5) is 5.69 Å². The SMILES string of the molecule is O=C(C1CCC1)N1CCc2cc(S(=O)(=O)NCCN3CCOCC3)ccc21. The minimum absolute atomic E-state index is 0.154. The van der Waals surface area contributed by atoms with Gasteiger partial charge >= 0.3 is 0 Å². The average molecular weight is 394 g/mol. The Labute approximate surface area is 160 Å². The highest BCUT2D eigenvalue weighted by Crippen LogP contribution is 2.35. The molecule has 148 valence electrons. The van der Waals surface area contributed by atoms with E-state index in [2.05, 4.69) is 9.62 Å². The molecule has 0 spiro atoms. The lowest BCUT2D eigenvalue weighted by atomic mass is 9.84. The monoisotopic (exact) mass is 393 g/mol. The summed E-state index contributed by atoms with van der Waals surface area (Å²) >= 11 is 0. The minimum atomic E-state index is -3.54. The molecule has 0 radical (unpaired) electrons. The van der Waals surface area contributed by atoms with Gasteiger partial charge in [-0.05, 0) is 43.0 Å². The van der Waals surface area contributed by atoms with Crippen molar-refractivity contribution >= 4 is 21.6 Å². The zero-order valence-corrected chi connectivity index (χ0v) is 16.3. The van der Waals surface area contributed by atoms with Gasteiger partial charge < -0.3 is 9.64 Å². The van der Waals surface area contributed by atoms with Gasteiger partial charge in [0.15, 0.2) is 0 Å². The minimum Gasteiger partial charge on any atom is -0.379 e. The first-order valence-corrected chi connectivity index (χ1v) is 11.3. The van der Waals surface area contributed by atoms with Gasteiger partial charge in [-0.15, -0.1) is 0 Å². The summed E-state index contributed by atoms with van der Waals surface area (Å²) < 4.78 is 33.2. The second kappa shape index (κ2) is 7.87. The fraction of sp³-hybridized carbons (Fsp3) is 0.632. The van der Waals surface area contributed by atoms with Gasteiger partial charge in [0.2, 0.25) is 15.9 Å². The van der Waals surface area contributed by atoms with E-state index in [0.717, 1.165) is 43.6 Å². The molecule has 1 saturated carbocycles. The Morgan fingerprint density at radius 3 is 2.67 bits per heavy atom. The van der Waals surface area contributed by atoms with Crippen molar-refractivity contribution in [1.82, 2.24) is 9.62 Å². The molecule has 0 atom stereocenters. The fourth-order valence-corrected chi connectivity index (χ4v) is 4.97. The van der Waals surface area contributed by atoms with Crippen LogP contribution in [0.1, 0.15) is 24.8 Å². The number of benzene rings is 1. The molecule has 2 heterocycles. The molecule has 2 aliphatic heterocycles. The first-order valence-electron chi connectivity index (χ1n) is 9.79. The van der Waals surface area contributed by atoms with Gasteiger partial charge in [-0.1, -0.05) is 6.42 Å². The number of anilines is 1. The number of ether oxygens (including phenoxy) is 1. The average Bonchev–Trinajstić information content (AvgIpc) is 3.04. The van der Waals surface area contributed by atoms with E-state index in [-0.39, 0.29) is 16.7 Å². The maximum Gasteiger partial charge on any atom is 0.240 e. The summed E-state index contributed by atoms with van der Waals surface area (Å²) in [5.74, 6) is 0.348. The molecule has 0 unspecified atom stereocenters. The number of nitrogens with one attached hydrogen (secondary N) is 1. The molecule has 4 rings (SSSR count). The van der Waals surface area contributed by atoms with E-state index >= 15 is 0 Å². The zero-order valence-electron chi connectivity index (χ0n) is 15.5. The Morgan fingerprint density at radius 2 is 1.96 bits per heavy atom. The van der Waals surface area contributed by atoms with Crippen LogP contribution >= 0.6 is 0 Å². The molecule has 8 heteroatoms. The van der Waals surface area contributed by atoms with E-state index in [4.69, 9.17) is 4.74 Å². The smallest absolute Gasteiger partial charge is 0.240 e. The Hall–Kier alpha value is -1.48. The van der Waals surface area contributed by atoms with Crippen molar-refractivity contribution in [2.24, 2.45) is 5.92 Å². The summed E-state index contributed by atoms with van der Waals surface area (Å²) in [5.41, 5.74) is 1.82. The van der Waals surface area contributed by atoms with Crippen molar-refractivity contribution in [3.63, 3.8) is 0 Å². The number of rotatable bonds is 6. The van der Waals surface area contributed by atoms with E-state index in [1.807, 2.05) is 4.90 Å². The standard InChI is InChI=1S/C19H27N3O4S/c23-19(15-2-1-3-15)22-8-6-16-14-17(4-5-18(16)22)27(24,25)20-7-9-21-10-12-26-13-11-21/h4-5,14-15,20H,1-3,6-13H2. The van der Waals surface area contributed by atoms with Gasteiger partial charge in [0.05, 0.1) is 18.1 Å². The predicted molar refractivity (Wildman–Crippen MR) is 102 cm³/mol. The zero-order chi connectivity index (χ0) is 18.9. The molecule has 3 aliphatic rings. The molecular formula is C19H27N3O4S. The highest BCUT2D eigenvalue weighted by molar-refractivity contribution is 7.89. The maximum atomic E-state index is 12.6. The molecule has 0 bridgehead atoms. The lowest BCUT2D eigenvalue weighted by molar-refractivity contribution is -0.124. The quantitative estimate of drug-likeness (QED) is 0.780. The van der Waals surface area contributed by atoms with Crippen LogP contribution in [0, 0.1) is 5.92 Å². The Bertz CT molecular complexity index is 801. The van der Waals surface area contributed by atoms with Crippen LogP contribution in [-0.4, -0.2) is 65.2 Å². The van der Waals surface area contributed by atoms with Gasteiger partial charge in [0, 0.05) is 44.3 Å². The van der Waals surface area contributed by atoms with Crippen molar-refractivity contribution in [2.45, 2.75) is 30.6 Å². The van der Waals surface area contributed by atoms with Crippen molar-refractivity contribution < 1.29 is 17.9 Å². The number of amides is 1. The lowest BCUT2D eigenvalue weighted by Crippen LogP contribution is -2.41. The molecule has 27 heavy (non-hydrogen) atoms. The van der Waals surface area contributed by atoms with Gasteiger partial charge in [-0.2, -0.15) is 0 Å². The van der Waals surface area contributed by atoms with Gasteiger partial charge in [-0.3, -0.25) is 9.69 Å². The third-order valence-electron chi connectivity index (χ3n) is 5.80. The van der Waals surface area contributed by atoms with Crippen LogP contribution in [0.3, 0.4) is 0 Å². The van der Waals surface area contributed by atoms with Crippen molar-refractivity contribution in [3.8, 4) is 0 Å². The molecule has 1 saturated heterocycles. The Kier molecular flexibility index (Phi) is 5.50. The van der Waals surface area contributed by atoms with Crippen LogP contribution < -0.4 is 9.62 Å². The van der Waals surface area contributed by atoms with E-state index in [0.29, 0.717) is 39.3 Å².